The van der Waals surface area contributed by atoms with Crippen molar-refractivity contribution in [3.63, 3.8) is 0 Å². The van der Waals surface area contributed by atoms with Crippen molar-refractivity contribution in [1.29, 1.82) is 0 Å². The van der Waals surface area contributed by atoms with Crippen molar-refractivity contribution < 1.29 is 42.8 Å². The number of esters is 3. The van der Waals surface area contributed by atoms with E-state index in [1.807, 2.05) is 0 Å². The van der Waals surface area contributed by atoms with E-state index in [0.29, 0.717) is 0 Å². The van der Waals surface area contributed by atoms with Crippen LogP contribution in [0.2, 0.25) is 0 Å². The van der Waals surface area contributed by atoms with Crippen molar-refractivity contribution in [3.8, 4) is 0 Å². The second kappa shape index (κ2) is 17.0. The Balaban J connectivity index is 4.07. The SMILES string of the molecule is C=CC(=O)OCCOCC(COCCOC(=O)C=C)OCCOC(=O)C=C. The van der Waals surface area contributed by atoms with Crippen LogP contribution in [0, 0.1) is 0 Å². The maximum absolute atomic E-state index is 11.0. The summed E-state index contributed by atoms with van der Waals surface area (Å²) >= 11 is 0. The van der Waals surface area contributed by atoms with Gasteiger partial charge in [0.05, 0.1) is 33.0 Å². The van der Waals surface area contributed by atoms with Gasteiger partial charge in [-0.1, -0.05) is 19.7 Å². The summed E-state index contributed by atoms with van der Waals surface area (Å²) in [5.74, 6) is -1.61. The smallest absolute Gasteiger partial charge is 0.330 e. The highest BCUT2D eigenvalue weighted by molar-refractivity contribution is 5.81. The van der Waals surface area contributed by atoms with Crippen LogP contribution in [0.4, 0.5) is 0 Å². The van der Waals surface area contributed by atoms with Crippen LogP contribution in [0.15, 0.2) is 38.0 Å². The van der Waals surface area contributed by atoms with Crippen LogP contribution >= 0.6 is 0 Å². The molecule has 0 spiro atoms. The van der Waals surface area contributed by atoms with E-state index in [4.69, 9.17) is 28.4 Å². The van der Waals surface area contributed by atoms with Crippen LogP contribution in [-0.4, -0.2) is 76.9 Å². The number of carbonyl (C=O) groups is 3. The van der Waals surface area contributed by atoms with E-state index in [1.54, 1.807) is 0 Å². The van der Waals surface area contributed by atoms with Gasteiger partial charge in [-0.2, -0.15) is 0 Å². The standard InChI is InChI=1S/C18H26O9/c1-4-16(19)25-9-7-22-13-15(24-11-12-27-18(21)6-3)14-23-8-10-26-17(20)5-2/h4-6,15H,1-3,7-14H2. The molecule has 0 radical (unpaired) electrons. The lowest BCUT2D eigenvalue weighted by molar-refractivity contribution is -0.144. The minimum Gasteiger partial charge on any atom is -0.460 e. The number of rotatable bonds is 17. The molecular weight excluding hydrogens is 360 g/mol. The fourth-order valence-electron chi connectivity index (χ4n) is 1.51. The summed E-state index contributed by atoms with van der Waals surface area (Å²) in [4.78, 5) is 32.8. The molecule has 0 bridgehead atoms. The molecule has 9 nitrogen and oxygen atoms in total. The van der Waals surface area contributed by atoms with Gasteiger partial charge in [-0.3, -0.25) is 0 Å². The van der Waals surface area contributed by atoms with Crippen LogP contribution in [0.5, 0.6) is 0 Å². The Bertz CT molecular complexity index is 457. The first kappa shape index (κ1) is 24.5. The monoisotopic (exact) mass is 386 g/mol. The normalized spacial score (nSPS) is 10.1. The molecule has 9 heteroatoms. The van der Waals surface area contributed by atoms with Crippen molar-refractivity contribution >= 4 is 17.9 Å². The zero-order chi connectivity index (χ0) is 20.3. The summed E-state index contributed by atoms with van der Waals surface area (Å²) in [5.41, 5.74) is 0. The van der Waals surface area contributed by atoms with E-state index in [-0.39, 0.29) is 52.9 Å². The first-order chi connectivity index (χ1) is 13.0. The van der Waals surface area contributed by atoms with Gasteiger partial charge in [-0.25, -0.2) is 14.4 Å². The highest BCUT2D eigenvalue weighted by atomic mass is 16.6. The highest BCUT2D eigenvalue weighted by Crippen LogP contribution is 1.97. The molecule has 0 aliphatic heterocycles. The summed E-state index contributed by atoms with van der Waals surface area (Å²) in [6.45, 7) is 10.8. The predicted molar refractivity (Wildman–Crippen MR) is 94.8 cm³/mol. The molecule has 0 heterocycles. The summed E-state index contributed by atoms with van der Waals surface area (Å²) in [7, 11) is 0. The van der Waals surface area contributed by atoms with E-state index >= 15 is 0 Å². The van der Waals surface area contributed by atoms with Gasteiger partial charge in [-0.05, 0) is 0 Å². The zero-order valence-electron chi connectivity index (χ0n) is 15.3. The van der Waals surface area contributed by atoms with Crippen molar-refractivity contribution in [1.82, 2.24) is 0 Å². The molecule has 0 aliphatic rings. The Labute approximate surface area is 158 Å². The maximum Gasteiger partial charge on any atom is 0.330 e. The average Bonchev–Trinajstić information content (AvgIpc) is 2.68. The summed E-state index contributed by atoms with van der Waals surface area (Å²) < 4.78 is 30.6. The average molecular weight is 386 g/mol. The quantitative estimate of drug-likeness (QED) is 0.154. The number of carbonyl (C=O) groups excluding carboxylic acids is 3. The van der Waals surface area contributed by atoms with Gasteiger partial charge in [0.1, 0.15) is 25.9 Å². The first-order valence-corrected chi connectivity index (χ1v) is 8.18. The van der Waals surface area contributed by atoms with Crippen LogP contribution in [0.1, 0.15) is 0 Å². The van der Waals surface area contributed by atoms with Crippen molar-refractivity contribution in [2.75, 3.05) is 52.9 Å². The molecule has 0 atom stereocenters. The fraction of sp³-hybridized carbons (Fsp3) is 0.500. The molecule has 27 heavy (non-hydrogen) atoms. The lowest BCUT2D eigenvalue weighted by Gasteiger charge is -2.18. The van der Waals surface area contributed by atoms with Crippen molar-refractivity contribution in [3.05, 3.63) is 38.0 Å². The molecule has 0 N–H and O–H groups in total. The van der Waals surface area contributed by atoms with Gasteiger partial charge in [0.25, 0.3) is 0 Å². The molecule has 0 saturated carbocycles. The topological polar surface area (TPSA) is 107 Å². The highest BCUT2D eigenvalue weighted by Gasteiger charge is 2.11. The molecule has 0 aromatic rings. The summed E-state index contributed by atoms with van der Waals surface area (Å²) in [6, 6.07) is 0. The molecule has 0 rings (SSSR count). The van der Waals surface area contributed by atoms with E-state index in [9.17, 15) is 14.4 Å². The maximum atomic E-state index is 11.0. The second-order valence-electron chi connectivity index (χ2n) is 4.76. The van der Waals surface area contributed by atoms with Crippen molar-refractivity contribution in [2.45, 2.75) is 6.10 Å². The van der Waals surface area contributed by atoms with Gasteiger partial charge in [0.15, 0.2) is 0 Å². The van der Waals surface area contributed by atoms with E-state index in [1.165, 1.54) is 0 Å². The van der Waals surface area contributed by atoms with Gasteiger partial charge in [0.2, 0.25) is 0 Å². The van der Waals surface area contributed by atoms with Gasteiger partial charge in [-0.15, -0.1) is 0 Å². The van der Waals surface area contributed by atoms with Crippen LogP contribution in [-0.2, 0) is 42.8 Å². The lowest BCUT2D eigenvalue weighted by Crippen LogP contribution is -2.29. The third-order valence-electron chi connectivity index (χ3n) is 2.73. The molecule has 0 amide bonds. The Morgan fingerprint density at radius 3 is 1.37 bits per heavy atom. The summed E-state index contributed by atoms with van der Waals surface area (Å²) in [5, 5.41) is 0. The molecule has 0 saturated heterocycles. The summed E-state index contributed by atoms with van der Waals surface area (Å²) in [6.07, 6.45) is 2.71. The minimum atomic E-state index is -0.546. The molecule has 0 aromatic carbocycles. The van der Waals surface area contributed by atoms with Crippen LogP contribution < -0.4 is 0 Å². The zero-order valence-corrected chi connectivity index (χ0v) is 15.3. The third kappa shape index (κ3) is 15.5. The molecule has 0 aliphatic carbocycles. The second-order valence-corrected chi connectivity index (χ2v) is 4.76. The largest absolute Gasteiger partial charge is 0.460 e. The molecule has 152 valence electrons. The van der Waals surface area contributed by atoms with Crippen LogP contribution in [0.25, 0.3) is 0 Å². The Hall–Kier alpha value is -2.49. The Kier molecular flexibility index (Phi) is 15.4. The molecular formula is C18H26O9. The van der Waals surface area contributed by atoms with Crippen LogP contribution in [0.3, 0.4) is 0 Å². The van der Waals surface area contributed by atoms with E-state index in [2.05, 4.69) is 19.7 Å². The predicted octanol–water partition coefficient (Wildman–Crippen LogP) is 0.592. The minimum absolute atomic E-state index is 0.0508. The van der Waals surface area contributed by atoms with Gasteiger partial charge < -0.3 is 28.4 Å². The fourth-order valence-corrected chi connectivity index (χ4v) is 1.51. The van der Waals surface area contributed by atoms with E-state index in [0.717, 1.165) is 18.2 Å². The van der Waals surface area contributed by atoms with Gasteiger partial charge >= 0.3 is 17.9 Å². The third-order valence-corrected chi connectivity index (χ3v) is 2.73. The first-order valence-electron chi connectivity index (χ1n) is 8.18. The lowest BCUT2D eigenvalue weighted by atomic mass is 10.4. The molecule has 0 unspecified atom stereocenters. The van der Waals surface area contributed by atoms with Crippen molar-refractivity contribution in [2.24, 2.45) is 0 Å². The van der Waals surface area contributed by atoms with Gasteiger partial charge in [0, 0.05) is 18.2 Å². The number of hydrogen-bond acceptors (Lipinski definition) is 9. The van der Waals surface area contributed by atoms with E-state index < -0.39 is 24.0 Å². The molecule has 0 aromatic heterocycles. The molecule has 0 fully saturated rings. The Morgan fingerprint density at radius 2 is 1.00 bits per heavy atom. The Morgan fingerprint density at radius 1 is 0.630 bits per heavy atom. The number of ether oxygens (including phenoxy) is 6. The number of hydrogen-bond donors (Lipinski definition) is 0.